The molecule has 0 saturated heterocycles. The van der Waals surface area contributed by atoms with Crippen LogP contribution in [0, 0.1) is 10.1 Å². The highest BCUT2D eigenvalue weighted by Gasteiger charge is 2.25. The maximum Gasteiger partial charge on any atom is 0.414 e. The van der Waals surface area contributed by atoms with Gasteiger partial charge in [-0.15, -0.1) is 0 Å². The number of hydrogen-bond acceptors (Lipinski definition) is 4. The minimum Gasteiger partial charge on any atom is -0.449 e. The van der Waals surface area contributed by atoms with Crippen LogP contribution in [0.4, 0.5) is 16.2 Å². The summed E-state index contributed by atoms with van der Waals surface area (Å²) < 4.78 is 4.96. The molecule has 0 radical (unpaired) electrons. The van der Waals surface area contributed by atoms with Gasteiger partial charge in [-0.3, -0.25) is 15.0 Å². The second kappa shape index (κ2) is 5.03. The molecule has 1 heterocycles. The molecule has 0 atom stereocenters. The summed E-state index contributed by atoms with van der Waals surface area (Å²) in [5, 5.41) is 10.8. The number of carbonyl (C=O) groups is 1. The zero-order valence-corrected chi connectivity index (χ0v) is 10.1. The van der Waals surface area contributed by atoms with Crippen LogP contribution < -0.4 is 4.90 Å². The molecule has 0 fully saturated rings. The lowest BCUT2D eigenvalue weighted by molar-refractivity contribution is -0.384. The van der Waals surface area contributed by atoms with E-state index in [1.165, 1.54) is 17.0 Å². The summed E-state index contributed by atoms with van der Waals surface area (Å²) in [5.41, 5.74) is 1.53. The molecule has 1 amide bonds. The highest BCUT2D eigenvalue weighted by Crippen LogP contribution is 2.31. The molecule has 96 valence electrons. The Labute approximate surface area is 104 Å². The fourth-order valence-electron chi connectivity index (χ4n) is 2.07. The van der Waals surface area contributed by atoms with Gasteiger partial charge in [-0.25, -0.2) is 4.79 Å². The van der Waals surface area contributed by atoms with Crippen LogP contribution in [0.15, 0.2) is 18.2 Å². The number of benzene rings is 1. The number of hydrogen-bond donors (Lipinski definition) is 0. The summed E-state index contributed by atoms with van der Waals surface area (Å²) in [7, 11) is 0. The van der Waals surface area contributed by atoms with E-state index in [1.807, 2.05) is 0 Å². The molecule has 1 aliphatic heterocycles. The van der Waals surface area contributed by atoms with Gasteiger partial charge in [0.1, 0.15) is 0 Å². The molecule has 1 aromatic rings. The van der Waals surface area contributed by atoms with Crippen molar-refractivity contribution in [3.05, 3.63) is 33.9 Å². The van der Waals surface area contributed by atoms with Crippen LogP contribution in [-0.2, 0) is 11.2 Å². The molecule has 2 rings (SSSR count). The maximum absolute atomic E-state index is 11.8. The fourth-order valence-corrected chi connectivity index (χ4v) is 2.07. The summed E-state index contributed by atoms with van der Waals surface area (Å²) in [4.78, 5) is 23.5. The van der Waals surface area contributed by atoms with Crippen molar-refractivity contribution in [2.24, 2.45) is 0 Å². The Morgan fingerprint density at radius 3 is 3.00 bits per heavy atom. The lowest BCUT2D eigenvalue weighted by Crippen LogP contribution is -2.35. The predicted octanol–water partition coefficient (Wildman–Crippen LogP) is 2.50. The largest absolute Gasteiger partial charge is 0.449 e. The summed E-state index contributed by atoms with van der Waals surface area (Å²) >= 11 is 0. The molecule has 0 N–H and O–H groups in total. The molecule has 0 unspecified atom stereocenters. The lowest BCUT2D eigenvalue weighted by atomic mass is 10.0. The molecule has 1 aliphatic rings. The Bertz CT molecular complexity index is 487. The van der Waals surface area contributed by atoms with Crippen molar-refractivity contribution in [2.45, 2.75) is 19.8 Å². The molecule has 0 aromatic heterocycles. The number of nitrogens with zero attached hydrogens (tertiary/aromatic N) is 2. The van der Waals surface area contributed by atoms with E-state index in [0.717, 1.165) is 18.4 Å². The smallest absolute Gasteiger partial charge is 0.414 e. The molecule has 0 bridgehead atoms. The predicted molar refractivity (Wildman–Crippen MR) is 65.8 cm³/mol. The topological polar surface area (TPSA) is 72.7 Å². The average Bonchev–Trinajstić information content (AvgIpc) is 2.37. The van der Waals surface area contributed by atoms with Crippen molar-refractivity contribution in [1.82, 2.24) is 0 Å². The van der Waals surface area contributed by atoms with E-state index in [1.54, 1.807) is 13.0 Å². The molecule has 1 aromatic carbocycles. The van der Waals surface area contributed by atoms with Crippen molar-refractivity contribution >= 4 is 17.5 Å². The molecular formula is C12H14N2O4. The number of carbonyl (C=O) groups excluding carboxylic acids is 1. The van der Waals surface area contributed by atoms with Gasteiger partial charge in [-0.2, -0.15) is 0 Å². The first-order chi connectivity index (χ1) is 8.63. The fraction of sp³-hybridized carbons (Fsp3) is 0.417. The first-order valence-electron chi connectivity index (χ1n) is 5.85. The Morgan fingerprint density at radius 2 is 2.33 bits per heavy atom. The number of rotatable bonds is 2. The zero-order valence-electron chi connectivity index (χ0n) is 10.1. The van der Waals surface area contributed by atoms with Gasteiger partial charge in [0, 0.05) is 18.7 Å². The van der Waals surface area contributed by atoms with E-state index in [-0.39, 0.29) is 5.69 Å². The number of nitro groups is 1. The van der Waals surface area contributed by atoms with E-state index in [4.69, 9.17) is 4.74 Å². The van der Waals surface area contributed by atoms with E-state index < -0.39 is 11.0 Å². The van der Waals surface area contributed by atoms with Gasteiger partial charge in [0.25, 0.3) is 5.69 Å². The number of non-ortho nitro benzene ring substituents is 1. The van der Waals surface area contributed by atoms with Crippen molar-refractivity contribution in [2.75, 3.05) is 18.1 Å². The first-order valence-corrected chi connectivity index (χ1v) is 5.85. The number of nitro benzene ring substituents is 1. The van der Waals surface area contributed by atoms with Gasteiger partial charge >= 0.3 is 6.09 Å². The zero-order chi connectivity index (χ0) is 13.1. The third-order valence-electron chi connectivity index (χ3n) is 2.89. The number of anilines is 1. The number of ether oxygens (including phenoxy) is 1. The molecule has 0 spiro atoms. The van der Waals surface area contributed by atoms with E-state index in [2.05, 4.69) is 0 Å². The van der Waals surface area contributed by atoms with Gasteiger partial charge in [0.2, 0.25) is 0 Å². The van der Waals surface area contributed by atoms with E-state index >= 15 is 0 Å². The second-order valence-corrected chi connectivity index (χ2v) is 4.02. The molecule has 0 saturated carbocycles. The average molecular weight is 250 g/mol. The molecule has 18 heavy (non-hydrogen) atoms. The van der Waals surface area contributed by atoms with Crippen LogP contribution in [0.5, 0.6) is 0 Å². The Kier molecular flexibility index (Phi) is 3.45. The Hall–Kier alpha value is -2.11. The van der Waals surface area contributed by atoms with Gasteiger partial charge < -0.3 is 4.74 Å². The highest BCUT2D eigenvalue weighted by atomic mass is 16.6. The minimum atomic E-state index is -0.460. The van der Waals surface area contributed by atoms with Gasteiger partial charge in [-0.05, 0) is 25.3 Å². The summed E-state index contributed by atoms with van der Waals surface area (Å²) in [6.07, 6.45) is 1.21. The normalized spacial score (nSPS) is 13.9. The number of aryl methyl sites for hydroxylation is 1. The third kappa shape index (κ3) is 2.27. The lowest BCUT2D eigenvalue weighted by Gasteiger charge is -2.28. The number of fused-ring (bicyclic) bond motifs is 1. The van der Waals surface area contributed by atoms with Crippen LogP contribution in [0.2, 0.25) is 0 Å². The van der Waals surface area contributed by atoms with E-state index in [0.29, 0.717) is 18.8 Å². The van der Waals surface area contributed by atoms with Crippen LogP contribution >= 0.6 is 0 Å². The van der Waals surface area contributed by atoms with Gasteiger partial charge in [0.15, 0.2) is 0 Å². The quantitative estimate of drug-likeness (QED) is 0.597. The van der Waals surface area contributed by atoms with Crippen LogP contribution in [0.3, 0.4) is 0 Å². The summed E-state index contributed by atoms with van der Waals surface area (Å²) in [5.74, 6) is 0. The van der Waals surface area contributed by atoms with Gasteiger partial charge in [-0.1, -0.05) is 6.07 Å². The molecular weight excluding hydrogens is 236 g/mol. The molecule has 0 aliphatic carbocycles. The monoisotopic (exact) mass is 250 g/mol. The number of amides is 1. The van der Waals surface area contributed by atoms with Crippen molar-refractivity contribution in [3.63, 3.8) is 0 Å². The summed E-state index contributed by atoms with van der Waals surface area (Å²) in [6, 6.07) is 4.61. The summed E-state index contributed by atoms with van der Waals surface area (Å²) in [6.45, 7) is 2.56. The van der Waals surface area contributed by atoms with Crippen LogP contribution in [0.25, 0.3) is 0 Å². The van der Waals surface area contributed by atoms with E-state index in [9.17, 15) is 14.9 Å². The first kappa shape index (κ1) is 12.3. The maximum atomic E-state index is 11.8. The Morgan fingerprint density at radius 1 is 1.56 bits per heavy atom. The molecule has 6 heteroatoms. The van der Waals surface area contributed by atoms with Crippen molar-refractivity contribution < 1.29 is 14.5 Å². The van der Waals surface area contributed by atoms with Crippen molar-refractivity contribution in [3.8, 4) is 0 Å². The highest BCUT2D eigenvalue weighted by molar-refractivity contribution is 5.89. The minimum absolute atomic E-state index is 0.00931. The standard InChI is InChI=1S/C12H14N2O4/c1-2-18-12(15)13-7-3-4-9-5-6-10(14(16)17)8-11(9)13/h5-6,8H,2-4,7H2,1H3. The van der Waals surface area contributed by atoms with Gasteiger partial charge in [0.05, 0.1) is 17.2 Å². The van der Waals surface area contributed by atoms with Crippen LogP contribution in [-0.4, -0.2) is 24.2 Å². The SMILES string of the molecule is CCOC(=O)N1CCCc2ccc([N+](=O)[O-])cc21. The second-order valence-electron chi connectivity index (χ2n) is 4.02. The molecule has 6 nitrogen and oxygen atoms in total. The Balaban J connectivity index is 2.37. The van der Waals surface area contributed by atoms with Crippen molar-refractivity contribution in [1.29, 1.82) is 0 Å². The van der Waals surface area contributed by atoms with Crippen LogP contribution in [0.1, 0.15) is 18.9 Å². The third-order valence-corrected chi connectivity index (χ3v) is 2.89.